The molecule has 1 aromatic heterocycles. The van der Waals surface area contributed by atoms with Crippen molar-refractivity contribution in [2.45, 2.75) is 13.8 Å². The Kier molecular flexibility index (Phi) is 5.31. The molecule has 0 amide bonds. The van der Waals surface area contributed by atoms with Crippen LogP contribution in [0.2, 0.25) is 0 Å². The van der Waals surface area contributed by atoms with Crippen LogP contribution in [0.4, 0.5) is 5.69 Å². The lowest BCUT2D eigenvalue weighted by atomic mass is 10.3. The minimum atomic E-state index is -3.22. The number of nitrogens with zero attached hydrogens (tertiary/aromatic N) is 2. The maximum absolute atomic E-state index is 9.51. The van der Waals surface area contributed by atoms with Crippen LogP contribution < -0.4 is 5.73 Å². The van der Waals surface area contributed by atoms with Crippen LogP contribution in [0.1, 0.15) is 11.4 Å². The van der Waals surface area contributed by atoms with E-state index in [4.69, 9.17) is 5.73 Å². The summed E-state index contributed by atoms with van der Waals surface area (Å²) in [6.45, 7) is 3.86. The number of anilines is 1. The lowest BCUT2D eigenvalue weighted by molar-refractivity contribution is 0.600. The molecule has 0 atom stereocenters. The topological polar surface area (TPSA) is 60.9 Å². The highest BCUT2D eigenvalue weighted by Gasteiger charge is 2.03. The van der Waals surface area contributed by atoms with Gasteiger partial charge in [0.05, 0.1) is 17.1 Å². The summed E-state index contributed by atoms with van der Waals surface area (Å²) in [5, 5.41) is 0.880. The molecule has 2 N–H and O–H groups in total. The Morgan fingerprint density at radius 2 is 1.71 bits per heavy atom. The number of aryl methyl sites for hydroxylation is 2. The van der Waals surface area contributed by atoms with Gasteiger partial charge in [-0.15, -0.1) is 0 Å². The Hall–Kier alpha value is 0.110. The van der Waals surface area contributed by atoms with E-state index in [1.54, 1.807) is 4.68 Å². The molecule has 1 aromatic rings. The predicted molar refractivity (Wildman–Crippen MR) is 62.3 cm³/mol. The summed E-state index contributed by atoms with van der Waals surface area (Å²) < 4.78 is 11.3. The van der Waals surface area contributed by atoms with Crippen molar-refractivity contribution in [1.29, 1.82) is 0 Å². The molecule has 0 aliphatic heterocycles. The Labute approximate surface area is 97.1 Å². The van der Waals surface area contributed by atoms with Gasteiger partial charge in [-0.05, 0) is 47.6 Å². The quantitative estimate of drug-likeness (QED) is 0.740. The zero-order valence-electron chi connectivity index (χ0n) is 7.96. The van der Waals surface area contributed by atoms with Crippen molar-refractivity contribution >= 4 is 44.6 Å². The van der Waals surface area contributed by atoms with E-state index in [0.717, 1.165) is 17.1 Å². The van der Waals surface area contributed by atoms with E-state index in [9.17, 15) is 4.57 Å². The highest BCUT2D eigenvalue weighted by Crippen LogP contribution is 2.61. The second kappa shape index (κ2) is 5.26. The van der Waals surface area contributed by atoms with Crippen LogP contribution in [0.5, 0.6) is 0 Å². The van der Waals surface area contributed by atoms with E-state index in [1.165, 1.54) is 0 Å². The van der Waals surface area contributed by atoms with Gasteiger partial charge < -0.3 is 5.73 Å². The van der Waals surface area contributed by atoms with Gasteiger partial charge in [-0.2, -0.15) is 5.10 Å². The number of hydrogen-bond acceptors (Lipinski definition) is 3. The summed E-state index contributed by atoms with van der Waals surface area (Å²) in [7, 11) is 1.89. The fourth-order valence-electron chi connectivity index (χ4n) is 0.790. The van der Waals surface area contributed by atoms with E-state index >= 15 is 0 Å². The molecule has 8 heteroatoms. The second-order valence-corrected chi connectivity index (χ2v) is 9.25. The van der Waals surface area contributed by atoms with Crippen molar-refractivity contribution < 1.29 is 4.57 Å². The van der Waals surface area contributed by atoms with Crippen LogP contribution in [-0.4, -0.2) is 9.78 Å². The zero-order valence-corrected chi connectivity index (χ0v) is 11.1. The van der Waals surface area contributed by atoms with Crippen molar-refractivity contribution in [1.82, 2.24) is 9.78 Å². The zero-order chi connectivity index (χ0) is 11.5. The first kappa shape index (κ1) is 14.1. The molecule has 1 heterocycles. The molecule has 0 fully saturated rings. The van der Waals surface area contributed by atoms with Crippen molar-refractivity contribution in [2.75, 3.05) is 5.73 Å². The highest BCUT2D eigenvalue weighted by molar-refractivity contribution is 8.24. The normalized spacial score (nSPS) is 10.7. The average Bonchev–Trinajstić information content (AvgIpc) is 2.14. The number of nitrogens with two attached hydrogens (primary N) is 1. The molecule has 0 aliphatic rings. The molecule has 0 saturated heterocycles. The van der Waals surface area contributed by atoms with E-state index in [1.807, 2.05) is 20.9 Å². The standard InChI is InChI=1S/C6H11N3.Cl3OP/c1-4-6(7)5(2)9(3)8-4;1-5(2,3)4/h7H2,1-3H3;. The maximum Gasteiger partial charge on any atom is 0.339 e. The number of halogens is 3. The fourth-order valence-corrected chi connectivity index (χ4v) is 0.790. The first-order valence-electron chi connectivity index (χ1n) is 3.57. The minimum absolute atomic E-state index is 0.803. The Morgan fingerprint density at radius 1 is 1.36 bits per heavy atom. The van der Waals surface area contributed by atoms with Crippen molar-refractivity contribution in [3.63, 3.8) is 0 Å². The minimum Gasteiger partial charge on any atom is -0.396 e. The van der Waals surface area contributed by atoms with Gasteiger partial charge in [-0.1, -0.05) is 0 Å². The Bertz CT molecular complexity index is 329. The molecular weight excluding hydrogens is 267 g/mol. The van der Waals surface area contributed by atoms with E-state index in [-0.39, 0.29) is 0 Å². The summed E-state index contributed by atoms with van der Waals surface area (Å²) in [5.41, 5.74) is 8.37. The van der Waals surface area contributed by atoms with Crippen LogP contribution in [0.15, 0.2) is 0 Å². The molecule has 0 radical (unpaired) electrons. The monoisotopic (exact) mass is 277 g/mol. The first-order valence-corrected chi connectivity index (χ1v) is 7.99. The molecule has 0 bridgehead atoms. The third-order valence-electron chi connectivity index (χ3n) is 1.56. The van der Waals surface area contributed by atoms with Gasteiger partial charge in [0.25, 0.3) is 0 Å². The van der Waals surface area contributed by atoms with Gasteiger partial charge >= 0.3 is 5.20 Å². The van der Waals surface area contributed by atoms with Crippen LogP contribution in [-0.2, 0) is 11.6 Å². The van der Waals surface area contributed by atoms with Crippen LogP contribution >= 0.6 is 38.9 Å². The Morgan fingerprint density at radius 3 is 1.79 bits per heavy atom. The van der Waals surface area contributed by atoms with Gasteiger partial charge in [0.2, 0.25) is 0 Å². The predicted octanol–water partition coefficient (Wildman–Crippen LogP) is 3.43. The summed E-state index contributed by atoms with van der Waals surface area (Å²) in [5.74, 6) is 0. The van der Waals surface area contributed by atoms with Crippen molar-refractivity contribution in [3.05, 3.63) is 11.4 Å². The maximum atomic E-state index is 9.51. The molecule has 0 saturated carbocycles. The smallest absolute Gasteiger partial charge is 0.339 e. The molecule has 0 spiro atoms. The average molecular weight is 279 g/mol. The van der Waals surface area contributed by atoms with E-state index in [2.05, 4.69) is 38.8 Å². The molecule has 1 rings (SSSR count). The third kappa shape index (κ3) is 5.76. The summed E-state index contributed by atoms with van der Waals surface area (Å²) in [6, 6.07) is 0. The Balaban J connectivity index is 0.000000292. The van der Waals surface area contributed by atoms with Crippen molar-refractivity contribution in [3.8, 4) is 0 Å². The van der Waals surface area contributed by atoms with Crippen molar-refractivity contribution in [2.24, 2.45) is 7.05 Å². The summed E-state index contributed by atoms with van der Waals surface area (Å²) in [6.07, 6.45) is 0. The number of nitrogen functional groups attached to an aromatic ring is 1. The van der Waals surface area contributed by atoms with Gasteiger partial charge in [0.15, 0.2) is 0 Å². The summed E-state index contributed by atoms with van der Waals surface area (Å²) in [4.78, 5) is 0. The fraction of sp³-hybridized carbons (Fsp3) is 0.500. The van der Waals surface area contributed by atoms with Gasteiger partial charge in [-0.25, -0.2) is 0 Å². The lowest BCUT2D eigenvalue weighted by Crippen LogP contribution is -1.93. The largest absolute Gasteiger partial charge is 0.396 e. The third-order valence-corrected chi connectivity index (χ3v) is 1.56. The van der Waals surface area contributed by atoms with Crippen LogP contribution in [0.25, 0.3) is 0 Å². The molecule has 0 aromatic carbocycles. The van der Waals surface area contributed by atoms with E-state index in [0.29, 0.717) is 0 Å². The number of hydrogen-bond donors (Lipinski definition) is 1. The second-order valence-electron chi connectivity index (χ2n) is 2.61. The lowest BCUT2D eigenvalue weighted by Gasteiger charge is -1.90. The first-order chi connectivity index (χ1) is 6.13. The van der Waals surface area contributed by atoms with Gasteiger partial charge in [-0.3, -0.25) is 9.25 Å². The van der Waals surface area contributed by atoms with Gasteiger partial charge in [0, 0.05) is 7.05 Å². The molecule has 0 aliphatic carbocycles. The number of aromatic nitrogens is 2. The highest BCUT2D eigenvalue weighted by atomic mass is 36.0. The summed E-state index contributed by atoms with van der Waals surface area (Å²) >= 11 is 13.8. The van der Waals surface area contributed by atoms with Gasteiger partial charge in [0.1, 0.15) is 0 Å². The van der Waals surface area contributed by atoms with Crippen LogP contribution in [0, 0.1) is 13.8 Å². The number of rotatable bonds is 0. The molecule has 4 nitrogen and oxygen atoms in total. The van der Waals surface area contributed by atoms with Crippen LogP contribution in [0.3, 0.4) is 0 Å². The molecule has 14 heavy (non-hydrogen) atoms. The molecule has 0 unspecified atom stereocenters. The SMILES string of the molecule is Cc1nn(C)c(C)c1N.O=P(Cl)(Cl)Cl. The molecular formula is C6H11Cl3N3OP. The molecule has 82 valence electrons. The van der Waals surface area contributed by atoms with E-state index < -0.39 is 5.20 Å².